The zero-order chi connectivity index (χ0) is 11.1. The maximum Gasteiger partial charge on any atom is 0.0632 e. The van der Waals surface area contributed by atoms with Gasteiger partial charge in [-0.1, -0.05) is 18.2 Å². The van der Waals surface area contributed by atoms with Gasteiger partial charge in [0.2, 0.25) is 0 Å². The Hall–Kier alpha value is -1.28. The highest BCUT2D eigenvalue weighted by molar-refractivity contribution is 5.83. The first-order valence-corrected chi connectivity index (χ1v) is 5.23. The SMILES string of the molecule is Cn1cc(CC(C)(C)O)c2ccccc21. The van der Waals surface area contributed by atoms with Gasteiger partial charge in [0.25, 0.3) is 0 Å². The van der Waals surface area contributed by atoms with Crippen LogP contribution in [0.15, 0.2) is 30.5 Å². The first-order valence-electron chi connectivity index (χ1n) is 5.23. The Morgan fingerprint density at radius 2 is 1.93 bits per heavy atom. The molecule has 0 amide bonds. The molecule has 0 radical (unpaired) electrons. The van der Waals surface area contributed by atoms with E-state index in [0.717, 1.165) is 0 Å². The van der Waals surface area contributed by atoms with Crippen molar-refractivity contribution in [3.8, 4) is 0 Å². The van der Waals surface area contributed by atoms with Crippen LogP contribution in [0.1, 0.15) is 19.4 Å². The molecule has 1 aromatic heterocycles. The minimum atomic E-state index is -0.649. The van der Waals surface area contributed by atoms with Crippen LogP contribution < -0.4 is 0 Å². The number of aromatic nitrogens is 1. The maximum absolute atomic E-state index is 9.83. The molecule has 0 spiro atoms. The molecule has 1 aromatic carbocycles. The van der Waals surface area contributed by atoms with Crippen molar-refractivity contribution in [3.05, 3.63) is 36.0 Å². The van der Waals surface area contributed by atoms with Gasteiger partial charge >= 0.3 is 0 Å². The van der Waals surface area contributed by atoms with Crippen LogP contribution in [-0.4, -0.2) is 15.3 Å². The number of hydrogen-bond acceptors (Lipinski definition) is 1. The Morgan fingerprint density at radius 3 is 2.60 bits per heavy atom. The largest absolute Gasteiger partial charge is 0.390 e. The average Bonchev–Trinajstić information content (AvgIpc) is 2.42. The van der Waals surface area contributed by atoms with E-state index in [1.54, 1.807) is 0 Å². The Morgan fingerprint density at radius 1 is 1.27 bits per heavy atom. The van der Waals surface area contributed by atoms with E-state index in [2.05, 4.69) is 22.9 Å². The highest BCUT2D eigenvalue weighted by Gasteiger charge is 2.16. The second-order valence-corrected chi connectivity index (χ2v) is 4.77. The monoisotopic (exact) mass is 203 g/mol. The van der Waals surface area contributed by atoms with Crippen molar-refractivity contribution in [3.63, 3.8) is 0 Å². The van der Waals surface area contributed by atoms with Crippen molar-refractivity contribution < 1.29 is 5.11 Å². The number of nitrogens with zero attached hydrogens (tertiary/aromatic N) is 1. The summed E-state index contributed by atoms with van der Waals surface area (Å²) in [7, 11) is 2.04. The summed E-state index contributed by atoms with van der Waals surface area (Å²) in [5.41, 5.74) is 1.78. The van der Waals surface area contributed by atoms with Crippen LogP contribution in [0.3, 0.4) is 0 Å². The minimum Gasteiger partial charge on any atom is -0.390 e. The lowest BCUT2D eigenvalue weighted by Crippen LogP contribution is -2.21. The van der Waals surface area contributed by atoms with Crippen LogP contribution in [0.25, 0.3) is 10.9 Å². The zero-order valence-electron chi connectivity index (χ0n) is 9.49. The number of fused-ring (bicyclic) bond motifs is 1. The highest BCUT2D eigenvalue weighted by atomic mass is 16.3. The van der Waals surface area contributed by atoms with Gasteiger partial charge in [-0.15, -0.1) is 0 Å². The molecule has 0 fully saturated rings. The van der Waals surface area contributed by atoms with Crippen LogP contribution in [0.4, 0.5) is 0 Å². The van der Waals surface area contributed by atoms with Crippen LogP contribution in [0.2, 0.25) is 0 Å². The van der Waals surface area contributed by atoms with E-state index in [-0.39, 0.29) is 0 Å². The molecule has 15 heavy (non-hydrogen) atoms. The van der Waals surface area contributed by atoms with E-state index in [1.807, 2.05) is 33.0 Å². The highest BCUT2D eigenvalue weighted by Crippen LogP contribution is 2.23. The Balaban J connectivity index is 2.53. The lowest BCUT2D eigenvalue weighted by molar-refractivity contribution is 0.0813. The van der Waals surface area contributed by atoms with Crippen molar-refractivity contribution >= 4 is 10.9 Å². The predicted molar refractivity (Wildman–Crippen MR) is 62.9 cm³/mol. The van der Waals surface area contributed by atoms with Crippen molar-refractivity contribution in [2.75, 3.05) is 0 Å². The molecular formula is C13H17NO. The standard InChI is InChI=1S/C13H17NO/c1-13(2,15)8-10-9-14(3)12-7-5-4-6-11(10)12/h4-7,9,15H,8H2,1-3H3. The summed E-state index contributed by atoms with van der Waals surface area (Å²) in [6.45, 7) is 3.68. The first-order chi connectivity index (χ1) is 6.97. The Labute approximate surface area is 90.2 Å². The van der Waals surface area contributed by atoms with E-state index < -0.39 is 5.60 Å². The normalized spacial score (nSPS) is 12.3. The Kier molecular flexibility index (Phi) is 2.31. The van der Waals surface area contributed by atoms with Gasteiger partial charge in [0.15, 0.2) is 0 Å². The first kappa shape index (κ1) is 10.2. The predicted octanol–water partition coefficient (Wildman–Crippen LogP) is 2.49. The molecule has 0 saturated heterocycles. The van der Waals surface area contributed by atoms with Crippen LogP contribution in [0.5, 0.6) is 0 Å². The second kappa shape index (κ2) is 3.38. The summed E-state index contributed by atoms with van der Waals surface area (Å²) in [5, 5.41) is 11.1. The van der Waals surface area contributed by atoms with Crippen LogP contribution >= 0.6 is 0 Å². The molecule has 0 saturated carbocycles. The molecule has 80 valence electrons. The number of aliphatic hydroxyl groups is 1. The third-order valence-corrected chi connectivity index (χ3v) is 2.60. The molecule has 0 unspecified atom stereocenters. The minimum absolute atomic E-state index is 0.649. The smallest absolute Gasteiger partial charge is 0.0632 e. The van der Waals surface area contributed by atoms with Gasteiger partial charge < -0.3 is 9.67 Å². The van der Waals surface area contributed by atoms with Gasteiger partial charge in [0.1, 0.15) is 0 Å². The van der Waals surface area contributed by atoms with E-state index in [9.17, 15) is 5.11 Å². The molecule has 1 heterocycles. The fourth-order valence-electron chi connectivity index (χ4n) is 2.03. The second-order valence-electron chi connectivity index (χ2n) is 4.77. The summed E-state index contributed by atoms with van der Waals surface area (Å²) in [5.74, 6) is 0. The molecule has 0 bridgehead atoms. The van der Waals surface area contributed by atoms with Gasteiger partial charge in [0, 0.05) is 30.6 Å². The van der Waals surface area contributed by atoms with Gasteiger partial charge in [-0.2, -0.15) is 0 Å². The van der Waals surface area contributed by atoms with E-state index in [4.69, 9.17) is 0 Å². The van der Waals surface area contributed by atoms with Crippen molar-refractivity contribution in [2.45, 2.75) is 25.9 Å². The fourth-order valence-corrected chi connectivity index (χ4v) is 2.03. The average molecular weight is 203 g/mol. The molecule has 2 aromatic rings. The molecule has 0 aliphatic heterocycles. The Bertz CT molecular complexity index is 477. The molecule has 0 aliphatic carbocycles. The van der Waals surface area contributed by atoms with Crippen molar-refractivity contribution in [1.82, 2.24) is 4.57 Å². The molecule has 0 atom stereocenters. The number of rotatable bonds is 2. The summed E-state index contributed by atoms with van der Waals surface area (Å²) in [4.78, 5) is 0. The van der Waals surface area contributed by atoms with Crippen molar-refractivity contribution in [1.29, 1.82) is 0 Å². The van der Waals surface area contributed by atoms with Crippen LogP contribution in [-0.2, 0) is 13.5 Å². The third kappa shape index (κ3) is 2.05. The molecule has 2 rings (SSSR count). The summed E-state index contributed by atoms with van der Waals surface area (Å²) >= 11 is 0. The zero-order valence-corrected chi connectivity index (χ0v) is 9.49. The van der Waals surface area contributed by atoms with Gasteiger partial charge in [-0.3, -0.25) is 0 Å². The molecule has 2 heteroatoms. The molecule has 1 N–H and O–H groups in total. The lowest BCUT2D eigenvalue weighted by atomic mass is 9.98. The summed E-state index contributed by atoms with van der Waals surface area (Å²) in [6.07, 6.45) is 2.79. The maximum atomic E-state index is 9.83. The van der Waals surface area contributed by atoms with Gasteiger partial charge in [-0.05, 0) is 25.5 Å². The van der Waals surface area contributed by atoms with Crippen molar-refractivity contribution in [2.24, 2.45) is 7.05 Å². The third-order valence-electron chi connectivity index (χ3n) is 2.60. The fraction of sp³-hybridized carbons (Fsp3) is 0.385. The number of para-hydroxylation sites is 1. The molecule has 0 aliphatic rings. The number of aryl methyl sites for hydroxylation is 1. The van der Waals surface area contributed by atoms with Crippen LogP contribution in [0, 0.1) is 0 Å². The quantitative estimate of drug-likeness (QED) is 0.797. The van der Waals surface area contributed by atoms with Gasteiger partial charge in [0.05, 0.1) is 5.60 Å². The number of hydrogen-bond donors (Lipinski definition) is 1. The summed E-state index contributed by atoms with van der Waals surface area (Å²) < 4.78 is 2.11. The van der Waals surface area contributed by atoms with E-state index in [0.29, 0.717) is 6.42 Å². The topological polar surface area (TPSA) is 25.2 Å². The molecule has 2 nitrogen and oxygen atoms in total. The van der Waals surface area contributed by atoms with E-state index in [1.165, 1.54) is 16.5 Å². The summed E-state index contributed by atoms with van der Waals surface area (Å²) in [6, 6.07) is 8.28. The van der Waals surface area contributed by atoms with E-state index >= 15 is 0 Å². The lowest BCUT2D eigenvalue weighted by Gasteiger charge is -2.15. The van der Waals surface area contributed by atoms with Gasteiger partial charge in [-0.25, -0.2) is 0 Å². The molecular weight excluding hydrogens is 186 g/mol. The number of benzene rings is 1.